The Balaban J connectivity index is 1.66. The van der Waals surface area contributed by atoms with Crippen LogP contribution in [0.5, 0.6) is 5.75 Å². The molecular formula is C21H20N2O3S. The fourth-order valence-corrected chi connectivity index (χ4v) is 3.01. The average molecular weight is 380 g/mol. The van der Waals surface area contributed by atoms with Crippen molar-refractivity contribution in [1.29, 1.82) is 0 Å². The maximum absolute atomic E-state index is 12.6. The Morgan fingerprint density at radius 2 is 1.59 bits per heavy atom. The summed E-state index contributed by atoms with van der Waals surface area (Å²) in [7, 11) is 0. The fourth-order valence-electron chi connectivity index (χ4n) is 2.39. The van der Waals surface area contributed by atoms with Gasteiger partial charge in [-0.05, 0) is 55.6 Å². The summed E-state index contributed by atoms with van der Waals surface area (Å²) in [6.45, 7) is 3.41. The highest BCUT2D eigenvalue weighted by molar-refractivity contribution is 7.12. The molecule has 0 saturated heterocycles. The molecule has 0 unspecified atom stereocenters. The molecule has 2 aromatic carbocycles. The first-order valence-corrected chi connectivity index (χ1v) is 9.32. The standard InChI is InChI=1S/C21H20N2O3S/c1-21(2,26-17-10-4-3-5-11-17)20(25)23-16-9-6-8-15(14-16)22-19(24)18-12-7-13-27-18/h3-14H,1-2H3,(H,22,24)(H,23,25). The average Bonchev–Trinajstić information content (AvgIpc) is 3.17. The molecule has 1 heterocycles. The molecular weight excluding hydrogens is 360 g/mol. The minimum absolute atomic E-state index is 0.179. The van der Waals surface area contributed by atoms with Gasteiger partial charge >= 0.3 is 0 Å². The second kappa shape index (κ2) is 8.05. The number of ether oxygens (including phenoxy) is 1. The Kier molecular flexibility index (Phi) is 5.57. The van der Waals surface area contributed by atoms with Crippen LogP contribution >= 0.6 is 11.3 Å². The molecule has 27 heavy (non-hydrogen) atoms. The van der Waals surface area contributed by atoms with Crippen LogP contribution in [0.4, 0.5) is 11.4 Å². The molecule has 3 aromatic rings. The van der Waals surface area contributed by atoms with E-state index in [-0.39, 0.29) is 11.8 Å². The molecule has 6 heteroatoms. The minimum atomic E-state index is -1.06. The maximum atomic E-state index is 12.6. The summed E-state index contributed by atoms with van der Waals surface area (Å²) in [4.78, 5) is 25.4. The monoisotopic (exact) mass is 380 g/mol. The van der Waals surface area contributed by atoms with Gasteiger partial charge in [-0.15, -0.1) is 11.3 Å². The van der Waals surface area contributed by atoms with Gasteiger partial charge < -0.3 is 15.4 Å². The van der Waals surface area contributed by atoms with E-state index in [9.17, 15) is 9.59 Å². The molecule has 2 amide bonds. The van der Waals surface area contributed by atoms with Crippen molar-refractivity contribution in [3.63, 3.8) is 0 Å². The van der Waals surface area contributed by atoms with Crippen LogP contribution in [-0.2, 0) is 4.79 Å². The van der Waals surface area contributed by atoms with E-state index < -0.39 is 5.60 Å². The van der Waals surface area contributed by atoms with Gasteiger partial charge in [-0.25, -0.2) is 0 Å². The van der Waals surface area contributed by atoms with E-state index in [0.717, 1.165) is 0 Å². The third-order valence-electron chi connectivity index (χ3n) is 3.79. The van der Waals surface area contributed by atoms with Crippen molar-refractivity contribution in [2.24, 2.45) is 0 Å². The SMILES string of the molecule is CC(C)(Oc1ccccc1)C(=O)Nc1cccc(NC(=O)c2cccs2)c1. The van der Waals surface area contributed by atoms with Crippen LogP contribution in [0.1, 0.15) is 23.5 Å². The van der Waals surface area contributed by atoms with Gasteiger partial charge in [-0.3, -0.25) is 9.59 Å². The van der Waals surface area contributed by atoms with E-state index in [4.69, 9.17) is 4.74 Å². The van der Waals surface area contributed by atoms with Gasteiger partial charge in [0.15, 0.2) is 5.60 Å². The summed E-state index contributed by atoms with van der Waals surface area (Å²) in [5, 5.41) is 7.51. The van der Waals surface area contributed by atoms with Crippen LogP contribution in [0.3, 0.4) is 0 Å². The number of anilines is 2. The van der Waals surface area contributed by atoms with Crippen LogP contribution < -0.4 is 15.4 Å². The predicted molar refractivity (Wildman–Crippen MR) is 108 cm³/mol. The largest absolute Gasteiger partial charge is 0.478 e. The Morgan fingerprint density at radius 1 is 0.889 bits per heavy atom. The predicted octanol–water partition coefficient (Wildman–Crippen LogP) is 4.80. The Hall–Kier alpha value is -3.12. The molecule has 3 rings (SSSR count). The van der Waals surface area contributed by atoms with Gasteiger partial charge in [0, 0.05) is 11.4 Å². The fraction of sp³-hybridized carbons (Fsp3) is 0.143. The number of hydrogen-bond donors (Lipinski definition) is 2. The lowest BCUT2D eigenvalue weighted by atomic mass is 10.1. The number of amides is 2. The summed E-state index contributed by atoms with van der Waals surface area (Å²) in [5.41, 5.74) is 0.124. The number of nitrogens with one attached hydrogen (secondary N) is 2. The molecule has 0 atom stereocenters. The van der Waals surface area contributed by atoms with E-state index in [2.05, 4.69) is 10.6 Å². The number of benzene rings is 2. The summed E-state index contributed by atoms with van der Waals surface area (Å²) in [6.07, 6.45) is 0. The number of para-hydroxylation sites is 1. The van der Waals surface area contributed by atoms with Crippen LogP contribution in [0, 0.1) is 0 Å². The smallest absolute Gasteiger partial charge is 0.267 e. The van der Waals surface area contributed by atoms with Gasteiger partial charge in [0.25, 0.3) is 11.8 Å². The van der Waals surface area contributed by atoms with Gasteiger partial charge in [0.05, 0.1) is 4.88 Å². The van der Waals surface area contributed by atoms with Crippen molar-refractivity contribution in [2.45, 2.75) is 19.4 Å². The molecule has 0 bridgehead atoms. The molecule has 0 spiro atoms. The van der Waals surface area contributed by atoms with Crippen LogP contribution in [0.25, 0.3) is 0 Å². The second-order valence-electron chi connectivity index (χ2n) is 6.39. The lowest BCUT2D eigenvalue weighted by molar-refractivity contribution is -0.128. The van der Waals surface area contributed by atoms with E-state index in [1.807, 2.05) is 29.6 Å². The molecule has 0 radical (unpaired) electrons. The molecule has 1 aromatic heterocycles. The summed E-state index contributed by atoms with van der Waals surface area (Å²) < 4.78 is 5.80. The van der Waals surface area contributed by atoms with Gasteiger partial charge in [-0.2, -0.15) is 0 Å². The third-order valence-corrected chi connectivity index (χ3v) is 4.65. The summed E-state index contributed by atoms with van der Waals surface area (Å²) in [6, 6.07) is 19.8. The second-order valence-corrected chi connectivity index (χ2v) is 7.34. The van der Waals surface area contributed by atoms with Crippen LogP contribution in [0.2, 0.25) is 0 Å². The van der Waals surface area contributed by atoms with Crippen molar-refractivity contribution < 1.29 is 14.3 Å². The molecule has 0 saturated carbocycles. The molecule has 0 fully saturated rings. The summed E-state index contributed by atoms with van der Waals surface area (Å²) in [5.74, 6) is 0.156. The normalized spacial score (nSPS) is 10.9. The van der Waals surface area contributed by atoms with E-state index in [1.54, 1.807) is 56.3 Å². The molecule has 138 valence electrons. The number of rotatable bonds is 6. The topological polar surface area (TPSA) is 67.4 Å². The molecule has 5 nitrogen and oxygen atoms in total. The van der Waals surface area contributed by atoms with Crippen molar-refractivity contribution in [1.82, 2.24) is 0 Å². The zero-order chi connectivity index (χ0) is 19.3. The first kappa shape index (κ1) is 18.7. The number of hydrogen-bond acceptors (Lipinski definition) is 4. The number of thiophene rings is 1. The van der Waals surface area contributed by atoms with Crippen molar-refractivity contribution in [3.05, 3.63) is 77.0 Å². The van der Waals surface area contributed by atoms with Crippen molar-refractivity contribution >= 4 is 34.5 Å². The third kappa shape index (κ3) is 4.95. The lowest BCUT2D eigenvalue weighted by Crippen LogP contribution is -2.42. The van der Waals surface area contributed by atoms with Gasteiger partial charge in [0.2, 0.25) is 0 Å². The van der Waals surface area contributed by atoms with Gasteiger partial charge in [-0.1, -0.05) is 30.3 Å². The molecule has 0 aliphatic rings. The maximum Gasteiger partial charge on any atom is 0.267 e. The highest BCUT2D eigenvalue weighted by Crippen LogP contribution is 2.22. The number of carbonyl (C=O) groups is 2. The van der Waals surface area contributed by atoms with E-state index in [1.165, 1.54) is 11.3 Å². The minimum Gasteiger partial charge on any atom is -0.478 e. The van der Waals surface area contributed by atoms with Gasteiger partial charge in [0.1, 0.15) is 5.75 Å². The Morgan fingerprint density at radius 3 is 2.26 bits per heavy atom. The molecule has 2 N–H and O–H groups in total. The lowest BCUT2D eigenvalue weighted by Gasteiger charge is -2.25. The Bertz CT molecular complexity index is 922. The van der Waals surface area contributed by atoms with Crippen LogP contribution in [-0.4, -0.2) is 17.4 Å². The highest BCUT2D eigenvalue weighted by atomic mass is 32.1. The Labute approximate surface area is 162 Å². The molecule has 0 aliphatic heterocycles. The van der Waals surface area contributed by atoms with E-state index in [0.29, 0.717) is 22.0 Å². The zero-order valence-electron chi connectivity index (χ0n) is 15.1. The first-order valence-electron chi connectivity index (χ1n) is 8.44. The highest BCUT2D eigenvalue weighted by Gasteiger charge is 2.30. The summed E-state index contributed by atoms with van der Waals surface area (Å²) >= 11 is 1.37. The number of carbonyl (C=O) groups excluding carboxylic acids is 2. The van der Waals surface area contributed by atoms with E-state index >= 15 is 0 Å². The van der Waals surface area contributed by atoms with Crippen molar-refractivity contribution in [3.8, 4) is 5.75 Å². The quantitative estimate of drug-likeness (QED) is 0.646. The first-order chi connectivity index (χ1) is 12.9. The van der Waals surface area contributed by atoms with Crippen LogP contribution in [0.15, 0.2) is 72.1 Å². The zero-order valence-corrected chi connectivity index (χ0v) is 15.9. The van der Waals surface area contributed by atoms with Crippen molar-refractivity contribution in [2.75, 3.05) is 10.6 Å². The molecule has 0 aliphatic carbocycles.